The third-order valence-electron chi connectivity index (χ3n) is 5.65. The van der Waals surface area contributed by atoms with Gasteiger partial charge in [-0.1, -0.05) is 18.2 Å². The first-order valence-electron chi connectivity index (χ1n) is 9.95. The molecule has 158 valence electrons. The number of nitrogens with zero attached hydrogens (tertiary/aromatic N) is 3. The van der Waals surface area contributed by atoms with Crippen molar-refractivity contribution in [3.8, 4) is 11.5 Å². The number of hydrogen-bond acceptors (Lipinski definition) is 6. The summed E-state index contributed by atoms with van der Waals surface area (Å²) in [5, 5.41) is 10.9. The highest BCUT2D eigenvalue weighted by molar-refractivity contribution is 5.46. The molecule has 1 fully saturated rings. The second kappa shape index (κ2) is 9.43. The monoisotopic (exact) mass is 401 g/mol. The number of benzene rings is 1. The Morgan fingerprint density at radius 1 is 1.14 bits per heavy atom. The summed E-state index contributed by atoms with van der Waals surface area (Å²) >= 11 is 0. The Morgan fingerprint density at radius 3 is 2.48 bits per heavy atom. The zero-order valence-electron chi connectivity index (χ0n) is 17.7. The number of para-hydroxylation sites is 1. The maximum Gasteiger partial charge on any atom is 0.259 e. The van der Waals surface area contributed by atoms with Gasteiger partial charge in [-0.2, -0.15) is 0 Å². The molecule has 29 heavy (non-hydrogen) atoms. The van der Waals surface area contributed by atoms with Crippen LogP contribution in [-0.2, 0) is 11.3 Å². The fourth-order valence-electron chi connectivity index (χ4n) is 3.99. The van der Waals surface area contributed by atoms with E-state index in [1.54, 1.807) is 24.9 Å². The number of aromatic nitrogens is 1. The van der Waals surface area contributed by atoms with Crippen LogP contribution >= 0.6 is 0 Å². The van der Waals surface area contributed by atoms with E-state index < -0.39 is 0 Å². The molecule has 1 aromatic carbocycles. The average Bonchev–Trinajstić information content (AvgIpc) is 2.72. The molecule has 1 aliphatic heterocycles. The highest BCUT2D eigenvalue weighted by Crippen LogP contribution is 2.37. The average molecular weight is 402 g/mol. The highest BCUT2D eigenvalue weighted by Gasteiger charge is 2.32. The minimum absolute atomic E-state index is 0.0241. The molecule has 7 nitrogen and oxygen atoms in total. The lowest BCUT2D eigenvalue weighted by molar-refractivity contribution is 0.123. The molecule has 0 bridgehead atoms. The number of piperazine rings is 1. The Hall–Kier alpha value is -2.35. The lowest BCUT2D eigenvalue weighted by atomic mass is 9.95. The van der Waals surface area contributed by atoms with Gasteiger partial charge < -0.3 is 24.0 Å². The summed E-state index contributed by atoms with van der Waals surface area (Å²) in [7, 11) is 5.34. The molecular formula is C22H31N3O4. The van der Waals surface area contributed by atoms with Crippen LogP contribution in [0.1, 0.15) is 22.9 Å². The summed E-state index contributed by atoms with van der Waals surface area (Å²) in [5.41, 5.74) is 1.80. The van der Waals surface area contributed by atoms with Crippen LogP contribution in [0.3, 0.4) is 0 Å². The van der Waals surface area contributed by atoms with Gasteiger partial charge in [0.25, 0.3) is 5.56 Å². The van der Waals surface area contributed by atoms with Crippen LogP contribution in [0.4, 0.5) is 0 Å². The lowest BCUT2D eigenvalue weighted by Crippen LogP contribution is -2.47. The van der Waals surface area contributed by atoms with Crippen molar-refractivity contribution in [3.63, 3.8) is 0 Å². The molecule has 0 spiro atoms. The van der Waals surface area contributed by atoms with Crippen LogP contribution in [0.25, 0.3) is 0 Å². The summed E-state index contributed by atoms with van der Waals surface area (Å²) in [6, 6.07) is 9.00. The Kier molecular flexibility index (Phi) is 6.95. The van der Waals surface area contributed by atoms with Crippen LogP contribution in [0.15, 0.2) is 35.1 Å². The molecule has 1 atom stereocenters. The number of methoxy groups -OCH3 is 2. The molecule has 7 heteroatoms. The number of aromatic hydroxyl groups is 1. The van der Waals surface area contributed by atoms with Crippen LogP contribution in [-0.4, -0.2) is 73.5 Å². The molecule has 0 amide bonds. The molecule has 1 N–H and O–H groups in total. The molecule has 0 aliphatic carbocycles. The van der Waals surface area contributed by atoms with Crippen molar-refractivity contribution in [2.45, 2.75) is 19.5 Å². The summed E-state index contributed by atoms with van der Waals surface area (Å²) in [6.07, 6.45) is 0. The number of ether oxygens (including phenoxy) is 2. The number of hydrogen-bond donors (Lipinski definition) is 1. The van der Waals surface area contributed by atoms with Crippen molar-refractivity contribution in [2.75, 3.05) is 54.1 Å². The van der Waals surface area contributed by atoms with Crippen molar-refractivity contribution in [3.05, 3.63) is 57.5 Å². The van der Waals surface area contributed by atoms with Crippen molar-refractivity contribution < 1.29 is 14.6 Å². The molecule has 0 radical (unpaired) electrons. The minimum atomic E-state index is -0.387. The molecule has 0 unspecified atom stereocenters. The summed E-state index contributed by atoms with van der Waals surface area (Å²) < 4.78 is 12.5. The standard InChI is InChI=1S/C22H31N3O4/c1-16-15-18(26)20(22(27)25(16)13-14-28-3)21(24-11-9-23(2)10-12-24)17-7-5-6-8-19(17)29-4/h5-8,15,21,26H,9-14H2,1-4H3/t21-/m0/s1. The van der Waals surface area contributed by atoms with Crippen molar-refractivity contribution in [1.82, 2.24) is 14.4 Å². The highest BCUT2D eigenvalue weighted by atomic mass is 16.5. The predicted octanol–water partition coefficient (Wildman–Crippen LogP) is 1.85. The first-order valence-corrected chi connectivity index (χ1v) is 9.95. The smallest absolute Gasteiger partial charge is 0.259 e. The van der Waals surface area contributed by atoms with E-state index in [9.17, 15) is 9.90 Å². The Morgan fingerprint density at radius 2 is 1.83 bits per heavy atom. The third kappa shape index (κ3) is 4.47. The summed E-state index contributed by atoms with van der Waals surface area (Å²) in [4.78, 5) is 18.0. The van der Waals surface area contributed by atoms with Gasteiger partial charge in [-0.25, -0.2) is 0 Å². The second-order valence-corrected chi connectivity index (χ2v) is 7.52. The van der Waals surface area contributed by atoms with Gasteiger partial charge in [0, 0.05) is 51.1 Å². The van der Waals surface area contributed by atoms with E-state index >= 15 is 0 Å². The van der Waals surface area contributed by atoms with Crippen LogP contribution < -0.4 is 10.3 Å². The maximum absolute atomic E-state index is 13.5. The maximum atomic E-state index is 13.5. The Labute approximate surface area is 172 Å². The van der Waals surface area contributed by atoms with E-state index in [4.69, 9.17) is 9.47 Å². The predicted molar refractivity (Wildman–Crippen MR) is 113 cm³/mol. The SMILES string of the molecule is COCCn1c(C)cc(O)c([C@H](c2ccccc2OC)N2CCN(C)CC2)c1=O. The fourth-order valence-corrected chi connectivity index (χ4v) is 3.99. The molecule has 1 saturated heterocycles. The largest absolute Gasteiger partial charge is 0.507 e. The summed E-state index contributed by atoms with van der Waals surface area (Å²) in [5.74, 6) is 0.732. The van der Waals surface area contributed by atoms with E-state index in [-0.39, 0.29) is 17.4 Å². The number of aryl methyl sites for hydroxylation is 1. The Balaban J connectivity index is 2.17. The first-order chi connectivity index (χ1) is 14.0. The van der Waals surface area contributed by atoms with Crippen molar-refractivity contribution >= 4 is 0 Å². The van der Waals surface area contributed by atoms with Gasteiger partial charge >= 0.3 is 0 Å². The van der Waals surface area contributed by atoms with Crippen LogP contribution in [0, 0.1) is 6.92 Å². The number of rotatable bonds is 7. The van der Waals surface area contributed by atoms with Gasteiger partial charge in [0.1, 0.15) is 11.5 Å². The van der Waals surface area contributed by atoms with Gasteiger partial charge in [0.15, 0.2) is 0 Å². The van der Waals surface area contributed by atoms with Gasteiger partial charge in [-0.3, -0.25) is 9.69 Å². The van der Waals surface area contributed by atoms with Gasteiger partial charge in [-0.05, 0) is 26.1 Å². The molecule has 3 rings (SSSR count). The fraction of sp³-hybridized carbons (Fsp3) is 0.500. The summed E-state index contributed by atoms with van der Waals surface area (Å²) in [6.45, 7) is 6.09. The van der Waals surface area contributed by atoms with E-state index in [1.807, 2.05) is 31.2 Å². The molecule has 1 aromatic heterocycles. The van der Waals surface area contributed by atoms with E-state index in [0.29, 0.717) is 30.2 Å². The topological polar surface area (TPSA) is 67.2 Å². The van der Waals surface area contributed by atoms with Crippen molar-refractivity contribution in [2.24, 2.45) is 0 Å². The van der Waals surface area contributed by atoms with E-state index in [0.717, 1.165) is 31.7 Å². The van der Waals surface area contributed by atoms with Gasteiger partial charge in [0.2, 0.25) is 0 Å². The molecule has 2 aromatic rings. The first kappa shape index (κ1) is 21.4. The second-order valence-electron chi connectivity index (χ2n) is 7.52. The number of pyridine rings is 1. The van der Waals surface area contributed by atoms with Crippen LogP contribution in [0.5, 0.6) is 11.5 Å². The molecule has 0 saturated carbocycles. The van der Waals surface area contributed by atoms with Crippen LogP contribution in [0.2, 0.25) is 0 Å². The molecular weight excluding hydrogens is 370 g/mol. The quantitative estimate of drug-likeness (QED) is 0.764. The van der Waals surface area contributed by atoms with E-state index in [2.05, 4.69) is 16.8 Å². The lowest BCUT2D eigenvalue weighted by Gasteiger charge is -2.38. The normalized spacial score (nSPS) is 16.7. The van der Waals surface area contributed by atoms with E-state index in [1.165, 1.54) is 0 Å². The van der Waals surface area contributed by atoms with Gasteiger partial charge in [-0.15, -0.1) is 0 Å². The minimum Gasteiger partial charge on any atom is -0.507 e. The number of likely N-dealkylation sites (N-methyl/N-ethyl adjacent to an activating group) is 1. The van der Waals surface area contributed by atoms with Gasteiger partial charge in [0.05, 0.1) is 25.3 Å². The third-order valence-corrected chi connectivity index (χ3v) is 5.65. The zero-order chi connectivity index (χ0) is 21.0. The zero-order valence-corrected chi connectivity index (χ0v) is 17.7. The Bertz CT molecular complexity index is 888. The van der Waals surface area contributed by atoms with Crippen molar-refractivity contribution in [1.29, 1.82) is 0 Å². The molecule has 1 aliphatic rings. The molecule has 2 heterocycles.